The fourth-order valence-electron chi connectivity index (χ4n) is 3.25. The summed E-state index contributed by atoms with van der Waals surface area (Å²) in [4.78, 5) is 27.2. The smallest absolute Gasteiger partial charge is 0.275 e. The first kappa shape index (κ1) is 20.7. The molecule has 0 aliphatic rings. The minimum absolute atomic E-state index is 0.131. The molecular formula is C22H20ClN5O3. The van der Waals surface area contributed by atoms with Gasteiger partial charge in [0.25, 0.3) is 5.56 Å². The molecule has 0 saturated heterocycles. The Labute approximate surface area is 183 Å². The van der Waals surface area contributed by atoms with E-state index in [1.54, 1.807) is 35.4 Å². The van der Waals surface area contributed by atoms with E-state index in [9.17, 15) is 9.59 Å². The number of amides is 1. The largest absolute Gasteiger partial charge is 0.419 e. The van der Waals surface area contributed by atoms with Crippen LogP contribution in [0.15, 0.2) is 63.9 Å². The molecule has 2 aromatic carbocycles. The summed E-state index contributed by atoms with van der Waals surface area (Å²) in [6, 6.07) is 14.3. The van der Waals surface area contributed by atoms with Gasteiger partial charge >= 0.3 is 0 Å². The second-order valence-corrected chi connectivity index (χ2v) is 7.40. The SMILES string of the molecule is CCCN(Cc1nnc(-c2ccccc2Cl)o1)C(=O)Cn1ncc2ccccc2c1=O. The molecule has 0 atom stereocenters. The molecule has 0 aliphatic carbocycles. The minimum atomic E-state index is -0.304. The van der Waals surface area contributed by atoms with Gasteiger partial charge in [-0.15, -0.1) is 10.2 Å². The van der Waals surface area contributed by atoms with Crippen molar-refractivity contribution in [3.8, 4) is 11.5 Å². The maximum absolute atomic E-state index is 12.9. The third-order valence-electron chi connectivity index (χ3n) is 4.79. The number of hydrogen-bond acceptors (Lipinski definition) is 6. The van der Waals surface area contributed by atoms with Crippen LogP contribution >= 0.6 is 11.6 Å². The van der Waals surface area contributed by atoms with Crippen molar-refractivity contribution in [1.82, 2.24) is 24.9 Å². The molecule has 0 saturated carbocycles. The number of hydrogen-bond donors (Lipinski definition) is 0. The number of halogens is 1. The lowest BCUT2D eigenvalue weighted by Crippen LogP contribution is -2.37. The van der Waals surface area contributed by atoms with Gasteiger partial charge in [0.05, 0.1) is 28.7 Å². The molecule has 8 nitrogen and oxygen atoms in total. The van der Waals surface area contributed by atoms with E-state index < -0.39 is 0 Å². The highest BCUT2D eigenvalue weighted by molar-refractivity contribution is 6.33. The van der Waals surface area contributed by atoms with Gasteiger partial charge in [-0.2, -0.15) is 5.10 Å². The third-order valence-corrected chi connectivity index (χ3v) is 5.12. The highest BCUT2D eigenvalue weighted by Crippen LogP contribution is 2.26. The van der Waals surface area contributed by atoms with Gasteiger partial charge in [-0.3, -0.25) is 9.59 Å². The molecule has 0 radical (unpaired) electrons. The Bertz CT molecular complexity index is 1280. The molecule has 0 unspecified atom stereocenters. The van der Waals surface area contributed by atoms with Crippen molar-refractivity contribution in [2.45, 2.75) is 26.4 Å². The van der Waals surface area contributed by atoms with Crippen molar-refractivity contribution in [3.05, 3.63) is 76.0 Å². The lowest BCUT2D eigenvalue weighted by molar-refractivity contribution is -0.133. The van der Waals surface area contributed by atoms with Crippen LogP contribution in [0.5, 0.6) is 0 Å². The summed E-state index contributed by atoms with van der Waals surface area (Å²) in [5.41, 5.74) is 0.324. The van der Waals surface area contributed by atoms with Gasteiger partial charge in [0, 0.05) is 11.9 Å². The Morgan fingerprint density at radius 1 is 1.13 bits per heavy atom. The van der Waals surface area contributed by atoms with Gasteiger partial charge in [0.2, 0.25) is 17.7 Å². The minimum Gasteiger partial charge on any atom is -0.419 e. The summed E-state index contributed by atoms with van der Waals surface area (Å²) in [6.45, 7) is 2.40. The Morgan fingerprint density at radius 2 is 1.90 bits per heavy atom. The van der Waals surface area contributed by atoms with E-state index in [0.717, 1.165) is 11.8 Å². The summed E-state index contributed by atoms with van der Waals surface area (Å²) < 4.78 is 6.90. The van der Waals surface area contributed by atoms with E-state index in [-0.39, 0.29) is 36.3 Å². The van der Waals surface area contributed by atoms with E-state index in [4.69, 9.17) is 16.0 Å². The number of carbonyl (C=O) groups is 1. The van der Waals surface area contributed by atoms with E-state index in [0.29, 0.717) is 22.5 Å². The second kappa shape index (κ2) is 9.09. The molecule has 9 heteroatoms. The lowest BCUT2D eigenvalue weighted by atomic mass is 10.2. The molecule has 158 valence electrons. The zero-order valence-corrected chi connectivity index (χ0v) is 17.6. The predicted octanol–water partition coefficient (Wildman–Crippen LogP) is 3.54. The van der Waals surface area contributed by atoms with Crippen molar-refractivity contribution in [3.63, 3.8) is 0 Å². The van der Waals surface area contributed by atoms with Crippen molar-refractivity contribution in [1.29, 1.82) is 0 Å². The van der Waals surface area contributed by atoms with Gasteiger partial charge in [0.1, 0.15) is 6.54 Å². The molecule has 4 aromatic rings. The molecular weight excluding hydrogens is 418 g/mol. The van der Waals surface area contributed by atoms with Crippen LogP contribution in [0.25, 0.3) is 22.2 Å². The highest BCUT2D eigenvalue weighted by Gasteiger charge is 2.19. The fourth-order valence-corrected chi connectivity index (χ4v) is 3.47. The van der Waals surface area contributed by atoms with E-state index >= 15 is 0 Å². The van der Waals surface area contributed by atoms with Crippen LogP contribution in [0.2, 0.25) is 5.02 Å². The Hall–Kier alpha value is -3.52. The molecule has 0 aliphatic heterocycles. The zero-order chi connectivity index (χ0) is 21.8. The first-order valence-corrected chi connectivity index (χ1v) is 10.2. The molecule has 0 fully saturated rings. The van der Waals surface area contributed by atoms with Crippen LogP contribution in [-0.2, 0) is 17.9 Å². The Morgan fingerprint density at radius 3 is 2.71 bits per heavy atom. The quantitative estimate of drug-likeness (QED) is 0.439. The topological polar surface area (TPSA) is 94.1 Å². The standard InChI is InChI=1S/C22H20ClN5O3/c1-2-11-27(13-19-25-26-21(31-19)17-9-5-6-10-18(17)23)20(29)14-28-22(30)16-8-4-3-7-15(16)12-24-28/h3-10,12H,2,11,13-14H2,1H3. The number of carbonyl (C=O) groups excluding carboxylic acids is 1. The normalized spacial score (nSPS) is 11.0. The molecule has 4 rings (SSSR count). The maximum Gasteiger partial charge on any atom is 0.275 e. The average molecular weight is 438 g/mol. The Kier molecular flexibility index (Phi) is 6.08. The van der Waals surface area contributed by atoms with Gasteiger partial charge in [-0.05, 0) is 24.6 Å². The average Bonchev–Trinajstić information content (AvgIpc) is 3.24. The fraction of sp³-hybridized carbons (Fsp3) is 0.227. The first-order chi connectivity index (χ1) is 15.1. The third kappa shape index (κ3) is 4.49. The van der Waals surface area contributed by atoms with Crippen molar-refractivity contribution in [2.75, 3.05) is 6.54 Å². The number of rotatable bonds is 7. The van der Waals surface area contributed by atoms with Crippen molar-refractivity contribution in [2.24, 2.45) is 0 Å². The summed E-state index contributed by atoms with van der Waals surface area (Å²) in [6.07, 6.45) is 2.32. The number of aromatic nitrogens is 4. The molecule has 31 heavy (non-hydrogen) atoms. The molecule has 2 heterocycles. The molecule has 0 N–H and O–H groups in total. The van der Waals surface area contributed by atoms with Crippen LogP contribution in [-0.4, -0.2) is 37.3 Å². The van der Waals surface area contributed by atoms with Gasteiger partial charge < -0.3 is 9.32 Å². The van der Waals surface area contributed by atoms with Crippen LogP contribution in [0.1, 0.15) is 19.2 Å². The van der Waals surface area contributed by atoms with Gasteiger partial charge in [-0.1, -0.05) is 48.9 Å². The van der Waals surface area contributed by atoms with E-state index in [1.807, 2.05) is 31.2 Å². The molecule has 2 aromatic heterocycles. The number of fused-ring (bicyclic) bond motifs is 1. The molecule has 0 spiro atoms. The summed E-state index contributed by atoms with van der Waals surface area (Å²) >= 11 is 6.19. The Balaban J connectivity index is 1.53. The van der Waals surface area contributed by atoms with Gasteiger partial charge in [-0.25, -0.2) is 4.68 Å². The summed E-state index contributed by atoms with van der Waals surface area (Å²) in [5, 5.41) is 14.0. The monoisotopic (exact) mass is 437 g/mol. The number of benzene rings is 2. The van der Waals surface area contributed by atoms with Crippen LogP contribution < -0.4 is 5.56 Å². The first-order valence-electron chi connectivity index (χ1n) is 9.86. The van der Waals surface area contributed by atoms with E-state index in [1.165, 1.54) is 4.68 Å². The summed E-state index contributed by atoms with van der Waals surface area (Å²) in [7, 11) is 0. The number of nitrogens with zero attached hydrogens (tertiary/aromatic N) is 5. The van der Waals surface area contributed by atoms with E-state index in [2.05, 4.69) is 15.3 Å². The van der Waals surface area contributed by atoms with Crippen LogP contribution in [0.4, 0.5) is 0 Å². The molecule has 1 amide bonds. The van der Waals surface area contributed by atoms with Crippen molar-refractivity contribution >= 4 is 28.3 Å². The van der Waals surface area contributed by atoms with Gasteiger partial charge in [0.15, 0.2) is 0 Å². The zero-order valence-electron chi connectivity index (χ0n) is 16.9. The maximum atomic E-state index is 12.9. The second-order valence-electron chi connectivity index (χ2n) is 6.99. The lowest BCUT2D eigenvalue weighted by Gasteiger charge is -2.20. The van der Waals surface area contributed by atoms with Crippen molar-refractivity contribution < 1.29 is 9.21 Å². The molecule has 0 bridgehead atoms. The summed E-state index contributed by atoms with van der Waals surface area (Å²) in [5.74, 6) is 0.316. The predicted molar refractivity (Wildman–Crippen MR) is 116 cm³/mol. The van der Waals surface area contributed by atoms with Crippen LogP contribution in [0, 0.1) is 0 Å². The highest BCUT2D eigenvalue weighted by atomic mass is 35.5. The van der Waals surface area contributed by atoms with Crippen LogP contribution in [0.3, 0.4) is 0 Å².